The number of nitrogens with two attached hydrogens (primary N) is 1. The Hall–Kier alpha value is -1.29. The molecule has 4 nitrogen and oxygen atoms in total. The van der Waals surface area contributed by atoms with Crippen molar-refractivity contribution in [1.29, 1.82) is 0 Å². The Bertz CT molecular complexity index is 467. The summed E-state index contributed by atoms with van der Waals surface area (Å²) in [7, 11) is 0. The van der Waals surface area contributed by atoms with Crippen LogP contribution in [0.4, 0.5) is 0 Å². The van der Waals surface area contributed by atoms with E-state index in [0.717, 1.165) is 37.2 Å². The smallest absolute Gasteiger partial charge is 0.227 e. The van der Waals surface area contributed by atoms with Crippen molar-refractivity contribution >= 4 is 5.91 Å². The molecule has 2 N–H and O–H groups in total. The van der Waals surface area contributed by atoms with Gasteiger partial charge in [0.15, 0.2) is 0 Å². The van der Waals surface area contributed by atoms with Gasteiger partial charge in [-0.25, -0.2) is 0 Å². The van der Waals surface area contributed by atoms with E-state index in [1.807, 2.05) is 24.0 Å². The molecule has 1 aliphatic carbocycles. The fourth-order valence-electron chi connectivity index (χ4n) is 3.11. The Morgan fingerprint density at radius 2 is 2.05 bits per heavy atom. The van der Waals surface area contributed by atoms with Crippen LogP contribution < -0.4 is 5.73 Å². The number of furan rings is 1. The third kappa shape index (κ3) is 4.10. The normalized spacial score (nSPS) is 23.1. The number of hydrogen-bond acceptors (Lipinski definition) is 3. The molecule has 1 fully saturated rings. The third-order valence-electron chi connectivity index (χ3n) is 4.42. The summed E-state index contributed by atoms with van der Waals surface area (Å²) >= 11 is 0. The van der Waals surface area contributed by atoms with Gasteiger partial charge in [-0.2, -0.15) is 0 Å². The van der Waals surface area contributed by atoms with E-state index in [-0.39, 0.29) is 23.9 Å². The number of rotatable bonds is 4. The first-order valence-electron chi connectivity index (χ1n) is 8.10. The van der Waals surface area contributed by atoms with Crippen LogP contribution in [0.3, 0.4) is 0 Å². The lowest BCUT2D eigenvalue weighted by atomic mass is 9.93. The summed E-state index contributed by atoms with van der Waals surface area (Å²) in [5.74, 6) is 1.88. The molecule has 1 aliphatic rings. The molecule has 0 aliphatic heterocycles. The van der Waals surface area contributed by atoms with E-state index in [1.54, 1.807) is 0 Å². The SMILES string of the molecule is Cc1ccc(CN(C(=O)C2CCCCCC2N)C(C)C)o1. The van der Waals surface area contributed by atoms with Gasteiger partial charge in [0.2, 0.25) is 5.91 Å². The van der Waals surface area contributed by atoms with Crippen LogP contribution >= 0.6 is 0 Å². The van der Waals surface area contributed by atoms with Gasteiger partial charge >= 0.3 is 0 Å². The number of amides is 1. The van der Waals surface area contributed by atoms with Gasteiger partial charge < -0.3 is 15.1 Å². The fraction of sp³-hybridized carbons (Fsp3) is 0.706. The van der Waals surface area contributed by atoms with Crippen LogP contribution in [0.15, 0.2) is 16.5 Å². The standard InChI is InChI=1S/C17H28N2O2/c1-12(2)19(11-14-10-9-13(3)21-14)17(20)15-7-5-4-6-8-16(15)18/h9-10,12,15-16H,4-8,11,18H2,1-3H3. The van der Waals surface area contributed by atoms with E-state index in [1.165, 1.54) is 6.42 Å². The molecular weight excluding hydrogens is 264 g/mol. The summed E-state index contributed by atoms with van der Waals surface area (Å²) < 4.78 is 5.63. The van der Waals surface area contributed by atoms with Gasteiger partial charge in [-0.05, 0) is 45.7 Å². The van der Waals surface area contributed by atoms with Crippen LogP contribution in [-0.2, 0) is 11.3 Å². The Labute approximate surface area is 127 Å². The van der Waals surface area contributed by atoms with E-state index in [0.29, 0.717) is 6.54 Å². The van der Waals surface area contributed by atoms with Crippen LogP contribution in [0.1, 0.15) is 57.5 Å². The van der Waals surface area contributed by atoms with Gasteiger partial charge in [0, 0.05) is 12.1 Å². The number of carbonyl (C=O) groups excluding carboxylic acids is 1. The Morgan fingerprint density at radius 1 is 1.33 bits per heavy atom. The summed E-state index contributed by atoms with van der Waals surface area (Å²) in [6.45, 7) is 6.56. The first-order chi connectivity index (χ1) is 9.99. The fourth-order valence-corrected chi connectivity index (χ4v) is 3.11. The van der Waals surface area contributed by atoms with Gasteiger partial charge in [-0.1, -0.05) is 19.3 Å². The zero-order valence-corrected chi connectivity index (χ0v) is 13.5. The molecule has 0 bridgehead atoms. The summed E-state index contributed by atoms with van der Waals surface area (Å²) in [6.07, 6.45) is 5.32. The number of nitrogens with zero attached hydrogens (tertiary/aromatic N) is 1. The molecule has 21 heavy (non-hydrogen) atoms. The molecule has 0 radical (unpaired) electrons. The maximum Gasteiger partial charge on any atom is 0.227 e. The molecule has 1 aromatic heterocycles. The Kier molecular flexibility index (Phi) is 5.45. The maximum absolute atomic E-state index is 12.9. The Balaban J connectivity index is 2.10. The van der Waals surface area contributed by atoms with Crippen molar-refractivity contribution in [2.75, 3.05) is 0 Å². The van der Waals surface area contributed by atoms with E-state index in [4.69, 9.17) is 10.2 Å². The topological polar surface area (TPSA) is 59.5 Å². The van der Waals surface area contributed by atoms with E-state index < -0.39 is 0 Å². The molecule has 0 spiro atoms. The minimum atomic E-state index is -0.0361. The van der Waals surface area contributed by atoms with Crippen molar-refractivity contribution in [3.8, 4) is 0 Å². The van der Waals surface area contributed by atoms with Gasteiger partial charge in [-0.15, -0.1) is 0 Å². The second kappa shape index (κ2) is 7.12. The minimum absolute atomic E-state index is 0.000382. The molecule has 4 heteroatoms. The zero-order chi connectivity index (χ0) is 15.4. The van der Waals surface area contributed by atoms with Gasteiger partial charge in [0.05, 0.1) is 12.5 Å². The van der Waals surface area contributed by atoms with Crippen LogP contribution in [0.5, 0.6) is 0 Å². The minimum Gasteiger partial charge on any atom is -0.464 e. The zero-order valence-electron chi connectivity index (χ0n) is 13.5. The second-order valence-electron chi connectivity index (χ2n) is 6.48. The lowest BCUT2D eigenvalue weighted by molar-refractivity contribution is -0.139. The van der Waals surface area contributed by atoms with Crippen molar-refractivity contribution in [3.63, 3.8) is 0 Å². The highest BCUT2D eigenvalue weighted by atomic mass is 16.3. The van der Waals surface area contributed by atoms with Gasteiger partial charge in [0.25, 0.3) is 0 Å². The molecule has 1 heterocycles. The molecule has 0 aromatic carbocycles. The summed E-state index contributed by atoms with van der Waals surface area (Å²) in [6, 6.07) is 4.04. The third-order valence-corrected chi connectivity index (χ3v) is 4.42. The van der Waals surface area contributed by atoms with Crippen LogP contribution in [0, 0.1) is 12.8 Å². The average Bonchev–Trinajstić information content (AvgIpc) is 2.71. The van der Waals surface area contributed by atoms with Crippen LogP contribution in [0.25, 0.3) is 0 Å². The van der Waals surface area contributed by atoms with Crippen LogP contribution in [-0.4, -0.2) is 22.9 Å². The molecule has 2 atom stereocenters. The molecular formula is C17H28N2O2. The largest absolute Gasteiger partial charge is 0.464 e. The van der Waals surface area contributed by atoms with Crippen molar-refractivity contribution in [3.05, 3.63) is 23.7 Å². The summed E-state index contributed by atoms with van der Waals surface area (Å²) in [5, 5.41) is 0. The van der Waals surface area contributed by atoms with E-state index >= 15 is 0 Å². The van der Waals surface area contributed by atoms with E-state index in [9.17, 15) is 4.79 Å². The molecule has 0 saturated heterocycles. The monoisotopic (exact) mass is 292 g/mol. The molecule has 1 aromatic rings. The van der Waals surface area contributed by atoms with Crippen molar-refractivity contribution < 1.29 is 9.21 Å². The highest BCUT2D eigenvalue weighted by Gasteiger charge is 2.32. The highest BCUT2D eigenvalue weighted by Crippen LogP contribution is 2.25. The van der Waals surface area contributed by atoms with Crippen molar-refractivity contribution in [2.24, 2.45) is 11.7 Å². The number of carbonyl (C=O) groups is 1. The molecule has 118 valence electrons. The molecule has 1 amide bonds. The quantitative estimate of drug-likeness (QED) is 0.867. The van der Waals surface area contributed by atoms with Crippen LogP contribution in [0.2, 0.25) is 0 Å². The lowest BCUT2D eigenvalue weighted by Crippen LogP contribution is -2.46. The van der Waals surface area contributed by atoms with Crippen molar-refractivity contribution in [1.82, 2.24) is 4.90 Å². The van der Waals surface area contributed by atoms with Gasteiger partial charge in [0.1, 0.15) is 11.5 Å². The molecule has 2 rings (SSSR count). The first kappa shape index (κ1) is 16.1. The predicted octanol–water partition coefficient (Wildman–Crippen LogP) is 3.23. The highest BCUT2D eigenvalue weighted by molar-refractivity contribution is 5.79. The Morgan fingerprint density at radius 3 is 2.67 bits per heavy atom. The number of hydrogen-bond donors (Lipinski definition) is 1. The number of aryl methyl sites for hydroxylation is 1. The summed E-state index contributed by atoms with van der Waals surface area (Å²) in [5.41, 5.74) is 6.24. The molecule has 1 saturated carbocycles. The summed E-state index contributed by atoms with van der Waals surface area (Å²) in [4.78, 5) is 14.8. The predicted molar refractivity (Wildman–Crippen MR) is 83.7 cm³/mol. The van der Waals surface area contributed by atoms with Gasteiger partial charge in [-0.3, -0.25) is 4.79 Å². The lowest BCUT2D eigenvalue weighted by Gasteiger charge is -2.31. The van der Waals surface area contributed by atoms with E-state index in [2.05, 4.69) is 13.8 Å². The molecule has 2 unspecified atom stereocenters. The maximum atomic E-state index is 12.9. The average molecular weight is 292 g/mol. The van der Waals surface area contributed by atoms with Crippen molar-refractivity contribution in [2.45, 2.75) is 71.5 Å². The second-order valence-corrected chi connectivity index (χ2v) is 6.48. The first-order valence-corrected chi connectivity index (χ1v) is 8.10.